The summed E-state index contributed by atoms with van der Waals surface area (Å²) in [4.78, 5) is 0. The number of rotatable bonds is 2. The van der Waals surface area contributed by atoms with E-state index in [9.17, 15) is 0 Å². The Morgan fingerprint density at radius 3 is 2.87 bits per heavy atom. The van der Waals surface area contributed by atoms with Crippen LogP contribution in [0.25, 0.3) is 0 Å². The van der Waals surface area contributed by atoms with Gasteiger partial charge in [-0.3, -0.25) is 0 Å². The molecule has 1 aliphatic heterocycles. The van der Waals surface area contributed by atoms with E-state index in [2.05, 4.69) is 18.3 Å². The molecule has 2 rings (SSSR count). The van der Waals surface area contributed by atoms with Gasteiger partial charge in [-0.25, -0.2) is 0 Å². The number of hydrogen-bond acceptors (Lipinski definition) is 3. The lowest BCUT2D eigenvalue weighted by molar-refractivity contribution is -0.0296. The first-order chi connectivity index (χ1) is 7.31. The summed E-state index contributed by atoms with van der Waals surface area (Å²) in [6.45, 7) is 3.85. The molecular weight excluding hydrogens is 190 g/mol. The van der Waals surface area contributed by atoms with Crippen molar-refractivity contribution in [1.29, 1.82) is 0 Å². The molecule has 0 spiro atoms. The van der Waals surface area contributed by atoms with E-state index in [1.807, 2.05) is 18.2 Å². The van der Waals surface area contributed by atoms with E-state index in [0.717, 1.165) is 24.4 Å². The highest BCUT2D eigenvalue weighted by molar-refractivity contribution is 5.35. The first kappa shape index (κ1) is 10.5. The molecule has 1 fully saturated rings. The van der Waals surface area contributed by atoms with E-state index < -0.39 is 0 Å². The van der Waals surface area contributed by atoms with Gasteiger partial charge in [0.1, 0.15) is 5.75 Å². The fourth-order valence-electron chi connectivity index (χ4n) is 1.91. The summed E-state index contributed by atoms with van der Waals surface area (Å²) in [7, 11) is 1.69. The normalized spacial score (nSPS) is 26.3. The average Bonchev–Trinajstić information content (AvgIpc) is 2.29. The van der Waals surface area contributed by atoms with Crippen molar-refractivity contribution in [1.82, 2.24) is 5.32 Å². The molecule has 3 heteroatoms. The Morgan fingerprint density at radius 1 is 1.33 bits per heavy atom. The van der Waals surface area contributed by atoms with Crippen LogP contribution < -0.4 is 10.1 Å². The second-order valence-corrected chi connectivity index (χ2v) is 3.84. The average molecular weight is 207 g/mol. The predicted molar refractivity (Wildman–Crippen MR) is 59.2 cm³/mol. The van der Waals surface area contributed by atoms with Crippen molar-refractivity contribution in [3.05, 3.63) is 29.8 Å². The van der Waals surface area contributed by atoms with Crippen molar-refractivity contribution in [2.24, 2.45) is 0 Å². The van der Waals surface area contributed by atoms with Gasteiger partial charge in [0.15, 0.2) is 0 Å². The third kappa shape index (κ3) is 2.30. The van der Waals surface area contributed by atoms with E-state index in [1.54, 1.807) is 7.11 Å². The van der Waals surface area contributed by atoms with Crippen LogP contribution in [-0.4, -0.2) is 26.3 Å². The summed E-state index contributed by atoms with van der Waals surface area (Å²) in [6.07, 6.45) is 0.360. The zero-order valence-corrected chi connectivity index (χ0v) is 9.19. The van der Waals surface area contributed by atoms with Crippen molar-refractivity contribution < 1.29 is 9.47 Å². The first-order valence-corrected chi connectivity index (χ1v) is 5.30. The van der Waals surface area contributed by atoms with Crippen LogP contribution in [-0.2, 0) is 4.74 Å². The smallest absolute Gasteiger partial charge is 0.124 e. The molecule has 0 aliphatic carbocycles. The summed E-state index contributed by atoms with van der Waals surface area (Å²) in [5, 5.41) is 3.35. The minimum atomic E-state index is 0.102. The van der Waals surface area contributed by atoms with Crippen LogP contribution in [0.15, 0.2) is 24.3 Å². The summed E-state index contributed by atoms with van der Waals surface area (Å²) in [5.74, 6) is 0.901. The van der Waals surface area contributed by atoms with E-state index in [4.69, 9.17) is 9.47 Å². The van der Waals surface area contributed by atoms with Crippen LogP contribution in [0.2, 0.25) is 0 Å². The van der Waals surface area contributed by atoms with Gasteiger partial charge >= 0.3 is 0 Å². The molecule has 0 aromatic heterocycles. The standard InChI is InChI=1S/C12H17NO2/c1-9-7-13-8-12(15-9)10-5-3-4-6-11(10)14-2/h3-6,9,12-13H,7-8H2,1-2H3. The Morgan fingerprint density at radius 2 is 2.13 bits per heavy atom. The zero-order valence-electron chi connectivity index (χ0n) is 9.19. The van der Waals surface area contributed by atoms with E-state index in [1.165, 1.54) is 0 Å². The largest absolute Gasteiger partial charge is 0.496 e. The molecule has 1 aliphatic rings. The van der Waals surface area contributed by atoms with Crippen molar-refractivity contribution in [3.8, 4) is 5.75 Å². The van der Waals surface area contributed by atoms with Gasteiger partial charge in [-0.1, -0.05) is 18.2 Å². The SMILES string of the molecule is COc1ccccc1C1CNCC(C)O1. The van der Waals surface area contributed by atoms with Gasteiger partial charge in [0.05, 0.1) is 19.3 Å². The van der Waals surface area contributed by atoms with Gasteiger partial charge in [0.2, 0.25) is 0 Å². The molecule has 1 N–H and O–H groups in total. The Bertz CT molecular complexity index is 327. The van der Waals surface area contributed by atoms with Crippen LogP contribution in [0, 0.1) is 0 Å². The number of nitrogens with one attached hydrogen (secondary N) is 1. The first-order valence-electron chi connectivity index (χ1n) is 5.30. The molecular formula is C12H17NO2. The Kier molecular flexibility index (Phi) is 3.23. The van der Waals surface area contributed by atoms with E-state index in [-0.39, 0.29) is 12.2 Å². The molecule has 0 radical (unpaired) electrons. The lowest BCUT2D eigenvalue weighted by Gasteiger charge is -2.29. The van der Waals surface area contributed by atoms with E-state index >= 15 is 0 Å². The minimum absolute atomic E-state index is 0.102. The number of benzene rings is 1. The van der Waals surface area contributed by atoms with Crippen LogP contribution >= 0.6 is 0 Å². The summed E-state index contributed by atoms with van der Waals surface area (Å²) >= 11 is 0. The number of hydrogen-bond donors (Lipinski definition) is 1. The second kappa shape index (κ2) is 4.64. The van der Waals surface area contributed by atoms with E-state index in [0.29, 0.717) is 0 Å². The van der Waals surface area contributed by atoms with Crippen molar-refractivity contribution in [2.75, 3.05) is 20.2 Å². The number of methoxy groups -OCH3 is 1. The van der Waals surface area contributed by atoms with Crippen LogP contribution in [0.3, 0.4) is 0 Å². The minimum Gasteiger partial charge on any atom is -0.496 e. The van der Waals surface area contributed by atoms with Gasteiger partial charge in [-0.05, 0) is 13.0 Å². The van der Waals surface area contributed by atoms with Gasteiger partial charge in [-0.2, -0.15) is 0 Å². The molecule has 1 heterocycles. The van der Waals surface area contributed by atoms with Crippen molar-refractivity contribution >= 4 is 0 Å². The van der Waals surface area contributed by atoms with Crippen molar-refractivity contribution in [3.63, 3.8) is 0 Å². The van der Waals surface area contributed by atoms with Crippen LogP contribution in [0.5, 0.6) is 5.75 Å². The molecule has 0 amide bonds. The van der Waals surface area contributed by atoms with Crippen molar-refractivity contribution in [2.45, 2.75) is 19.1 Å². The molecule has 1 aromatic rings. The molecule has 15 heavy (non-hydrogen) atoms. The fourth-order valence-corrected chi connectivity index (χ4v) is 1.91. The zero-order chi connectivity index (χ0) is 10.7. The van der Waals surface area contributed by atoms with Gasteiger partial charge in [-0.15, -0.1) is 0 Å². The highest BCUT2D eigenvalue weighted by atomic mass is 16.5. The van der Waals surface area contributed by atoms with Crippen LogP contribution in [0.1, 0.15) is 18.6 Å². The van der Waals surface area contributed by atoms with Crippen LogP contribution in [0.4, 0.5) is 0 Å². The highest BCUT2D eigenvalue weighted by Gasteiger charge is 2.22. The molecule has 2 unspecified atom stereocenters. The van der Waals surface area contributed by atoms with Gasteiger partial charge in [0.25, 0.3) is 0 Å². The molecule has 82 valence electrons. The number of ether oxygens (including phenoxy) is 2. The summed E-state index contributed by atoms with van der Waals surface area (Å²) < 4.78 is 11.2. The lowest BCUT2D eigenvalue weighted by atomic mass is 10.1. The highest BCUT2D eigenvalue weighted by Crippen LogP contribution is 2.29. The summed E-state index contributed by atoms with van der Waals surface area (Å²) in [5.41, 5.74) is 1.12. The molecule has 2 atom stereocenters. The maximum atomic E-state index is 5.87. The lowest BCUT2D eigenvalue weighted by Crippen LogP contribution is -2.39. The fraction of sp³-hybridized carbons (Fsp3) is 0.500. The molecule has 0 bridgehead atoms. The molecule has 1 saturated heterocycles. The Labute approximate surface area is 90.4 Å². The maximum Gasteiger partial charge on any atom is 0.124 e. The molecule has 3 nitrogen and oxygen atoms in total. The molecule has 1 aromatic carbocycles. The topological polar surface area (TPSA) is 30.5 Å². The second-order valence-electron chi connectivity index (χ2n) is 3.84. The molecule has 0 saturated carbocycles. The maximum absolute atomic E-state index is 5.87. The Balaban J connectivity index is 2.20. The number of morpholine rings is 1. The van der Waals surface area contributed by atoms with Gasteiger partial charge in [0, 0.05) is 18.7 Å². The Hall–Kier alpha value is -1.06. The number of para-hydroxylation sites is 1. The third-order valence-electron chi connectivity index (χ3n) is 2.64. The van der Waals surface area contributed by atoms with Gasteiger partial charge < -0.3 is 14.8 Å². The summed E-state index contributed by atoms with van der Waals surface area (Å²) in [6, 6.07) is 8.02. The third-order valence-corrected chi connectivity index (χ3v) is 2.64. The quantitative estimate of drug-likeness (QED) is 0.801. The predicted octanol–water partition coefficient (Wildman–Crippen LogP) is 1.74. The monoisotopic (exact) mass is 207 g/mol.